The van der Waals surface area contributed by atoms with Crippen molar-refractivity contribution in [3.63, 3.8) is 0 Å². The van der Waals surface area contributed by atoms with Crippen molar-refractivity contribution >= 4 is 42.0 Å². The summed E-state index contributed by atoms with van der Waals surface area (Å²) in [6.45, 7) is 10.3. The molecule has 9 aromatic rings. The van der Waals surface area contributed by atoms with Crippen LogP contribution in [-0.4, -0.2) is 143 Å². The van der Waals surface area contributed by atoms with Gasteiger partial charge in [0.2, 0.25) is 11.8 Å². The zero-order valence-corrected chi connectivity index (χ0v) is 53.1. The van der Waals surface area contributed by atoms with Crippen molar-refractivity contribution < 1.29 is 58.6 Å². The van der Waals surface area contributed by atoms with Crippen LogP contribution in [-0.2, 0) is 49.2 Å². The lowest BCUT2D eigenvalue weighted by Crippen LogP contribution is -2.36. The Balaban J connectivity index is 0.000000193. The fraction of sp³-hybridized carbons (Fsp3) is 0.247. The Kier molecular flexibility index (Phi) is 26.5. The van der Waals surface area contributed by atoms with Gasteiger partial charge in [0.25, 0.3) is 5.97 Å². The maximum absolute atomic E-state index is 12.5. The summed E-state index contributed by atoms with van der Waals surface area (Å²) >= 11 is 0. The lowest BCUT2D eigenvalue weighted by molar-refractivity contribution is -0.139. The minimum Gasteiger partial charge on any atom is -0.481 e. The van der Waals surface area contributed by atoms with Gasteiger partial charge in [-0.25, -0.2) is 19.7 Å². The van der Waals surface area contributed by atoms with E-state index in [-0.39, 0.29) is 37.2 Å². The molecule has 2 aliphatic heterocycles. The number of ether oxygens (including phenoxy) is 4. The Morgan fingerprint density at radius 2 is 0.957 bits per heavy atom. The number of rotatable bonds is 20. The van der Waals surface area contributed by atoms with Gasteiger partial charge in [-0.1, -0.05) is 182 Å². The molecule has 94 heavy (non-hydrogen) atoms. The van der Waals surface area contributed by atoms with Crippen LogP contribution in [0.3, 0.4) is 0 Å². The predicted octanol–water partition coefficient (Wildman–Crippen LogP) is 8.91. The molecule has 0 saturated carbocycles. The number of aliphatic hydroxyl groups excluding tert-OH is 2. The number of H-pyrrole nitrogens is 1. The Morgan fingerprint density at radius 3 is 1.28 bits per heavy atom. The minimum absolute atomic E-state index is 0.0304. The van der Waals surface area contributed by atoms with E-state index >= 15 is 0 Å². The van der Waals surface area contributed by atoms with Crippen molar-refractivity contribution in [2.24, 2.45) is 5.73 Å². The number of nitrogens with one attached hydrogen (secondary N) is 3. The van der Waals surface area contributed by atoms with Crippen LogP contribution in [0.2, 0.25) is 0 Å². The monoisotopic (exact) mass is 1280 g/mol. The van der Waals surface area contributed by atoms with Crippen LogP contribution in [0.5, 0.6) is 0 Å². The van der Waals surface area contributed by atoms with Crippen LogP contribution < -0.4 is 16.4 Å². The summed E-state index contributed by atoms with van der Waals surface area (Å²) in [6.07, 6.45) is 18.3. The quantitative estimate of drug-likeness (QED) is 0.0261. The van der Waals surface area contributed by atoms with Crippen LogP contribution in [0, 0.1) is 0 Å². The highest BCUT2D eigenvalue weighted by Crippen LogP contribution is 2.42. The zero-order chi connectivity index (χ0) is 67.4. The molecule has 3 unspecified atom stereocenters. The van der Waals surface area contributed by atoms with Crippen LogP contribution in [0.25, 0.3) is 18.2 Å². The van der Waals surface area contributed by atoms with Crippen LogP contribution in [0.4, 0.5) is 0 Å². The van der Waals surface area contributed by atoms with Gasteiger partial charge in [0.05, 0.1) is 74.3 Å². The molecule has 490 valence electrons. The van der Waals surface area contributed by atoms with E-state index in [1.807, 2.05) is 119 Å². The number of imidazole rings is 3. The number of carboxylic acids is 2. The van der Waals surface area contributed by atoms with E-state index in [4.69, 9.17) is 49.9 Å². The molecular formula is C73H81N9O12. The van der Waals surface area contributed by atoms with Crippen LogP contribution in [0.15, 0.2) is 238 Å². The molecule has 9 N–H and O–H groups in total. The van der Waals surface area contributed by atoms with Crippen molar-refractivity contribution in [1.29, 1.82) is 0 Å². The molecule has 0 bridgehead atoms. The van der Waals surface area contributed by atoms with E-state index in [0.29, 0.717) is 43.4 Å². The highest BCUT2D eigenvalue weighted by molar-refractivity contribution is 5.92. The van der Waals surface area contributed by atoms with E-state index in [0.717, 1.165) is 46.4 Å². The van der Waals surface area contributed by atoms with Gasteiger partial charge < -0.3 is 69.9 Å². The first-order valence-corrected chi connectivity index (χ1v) is 30.3. The van der Waals surface area contributed by atoms with E-state index in [1.54, 1.807) is 24.7 Å². The number of carboxylic acid groups (broad SMARTS) is 2. The number of aliphatic carboxylic acids is 2. The number of nitrogens with two attached hydrogens (primary N) is 1. The SMILES string of the molecule is CC(=O)O.CC1(C)OCC(CN)O1.CC1(C)OCC(CNC(=O)/C=C/c2cn(C(c3ccccc3)(c3ccccc3)c3ccccc3)cn2)O1.O=C(/C=C/c1cnc[nH]1)NCC(O)CO.O=C(O)/C=C/c1cn(C(c2ccccc2)(c2ccccc2)c2ccccc2)cn1. The summed E-state index contributed by atoms with van der Waals surface area (Å²) in [6, 6.07) is 62.0. The minimum atomic E-state index is -1.00. The lowest BCUT2D eigenvalue weighted by atomic mass is 9.77. The van der Waals surface area contributed by atoms with Gasteiger partial charge in [-0.05, 0) is 79.3 Å². The fourth-order valence-corrected chi connectivity index (χ4v) is 10.4. The number of hydrogen-bond donors (Lipinski definition) is 8. The number of aromatic amines is 1. The number of carbonyl (C=O) groups is 4. The summed E-state index contributed by atoms with van der Waals surface area (Å²) in [7, 11) is 0. The maximum Gasteiger partial charge on any atom is 0.328 e. The number of aromatic nitrogens is 6. The Morgan fingerprint density at radius 1 is 0.596 bits per heavy atom. The number of amides is 2. The molecule has 0 aliphatic carbocycles. The number of aliphatic hydroxyl groups is 2. The van der Waals surface area contributed by atoms with Crippen LogP contribution >= 0.6 is 0 Å². The molecular weight excluding hydrogens is 1190 g/mol. The van der Waals surface area contributed by atoms with Gasteiger partial charge in [-0.2, -0.15) is 0 Å². The third kappa shape index (κ3) is 20.4. The van der Waals surface area contributed by atoms with Gasteiger partial charge in [-0.3, -0.25) is 14.4 Å². The second-order valence-electron chi connectivity index (χ2n) is 22.4. The van der Waals surface area contributed by atoms with Gasteiger partial charge in [-0.15, -0.1) is 0 Å². The average molecular weight is 1280 g/mol. The summed E-state index contributed by atoms with van der Waals surface area (Å²) in [4.78, 5) is 59.2. The summed E-state index contributed by atoms with van der Waals surface area (Å²) in [5, 5.41) is 39.1. The van der Waals surface area contributed by atoms with Gasteiger partial charge in [0, 0.05) is 57.2 Å². The highest BCUT2D eigenvalue weighted by atomic mass is 16.7. The third-order valence-electron chi connectivity index (χ3n) is 14.5. The first kappa shape index (κ1) is 71.2. The molecule has 2 saturated heterocycles. The summed E-state index contributed by atoms with van der Waals surface area (Å²) in [5.41, 5.74) is 12.6. The van der Waals surface area contributed by atoms with Crippen molar-refractivity contribution in [3.8, 4) is 0 Å². The average Bonchev–Trinajstić information content (AvgIpc) is 1.27. The molecule has 21 heteroatoms. The predicted molar refractivity (Wildman–Crippen MR) is 358 cm³/mol. The maximum atomic E-state index is 12.5. The van der Waals surface area contributed by atoms with Crippen molar-refractivity contribution in [2.45, 2.75) is 75.6 Å². The second-order valence-corrected chi connectivity index (χ2v) is 22.4. The van der Waals surface area contributed by atoms with Crippen LogP contribution in [0.1, 0.15) is 85.1 Å². The molecule has 2 amide bonds. The standard InChI is InChI=1S/C31H31N3O3.C25H20N2O2.C9H13N3O3.C6H13NO2.C2H4O2/c1-30(2)36-22-28(37-30)20-32-29(35)19-18-27-21-34(23-33-27)31(24-12-6-3-7-13-24,25-14-8-4-9-15-25)26-16-10-5-11-17-26;28-24(29)17-16-23-18-27(19-26-23)25(20-10-4-1-5-11-20,21-12-6-2-7-13-21)22-14-8-3-9-15-22;13-5-8(14)4-11-9(15)2-1-7-3-10-6-12-7;1-6(2)8-4-5(3-7)9-6;1-2(3)4/h3-19,21,23,28H,20,22H2,1-2H3,(H,32,35);1-19H,(H,28,29);1-3,6,8,13-14H,4-5H2,(H,10,12)(H,11,15);5H,3-4,7H2,1-2H3;1H3,(H,3,4)/b19-18+;17-16+;2-1+;;. The van der Waals surface area contributed by atoms with E-state index in [2.05, 4.69) is 149 Å². The van der Waals surface area contributed by atoms with Crippen molar-refractivity contribution in [2.75, 3.05) is 39.5 Å². The van der Waals surface area contributed by atoms with Gasteiger partial charge >= 0.3 is 5.97 Å². The Hall–Kier alpha value is -10.2. The Labute approximate surface area is 546 Å². The second kappa shape index (κ2) is 35.0. The molecule has 5 heterocycles. The summed E-state index contributed by atoms with van der Waals surface area (Å²) < 4.78 is 26.1. The number of hydrogen-bond acceptors (Lipinski definition) is 14. The largest absolute Gasteiger partial charge is 0.481 e. The summed E-state index contributed by atoms with van der Waals surface area (Å²) in [5.74, 6) is -3.40. The topological polar surface area (TPSA) is 301 Å². The molecule has 11 rings (SSSR count). The number of benzene rings is 6. The van der Waals surface area contributed by atoms with E-state index in [1.165, 1.54) is 24.6 Å². The zero-order valence-electron chi connectivity index (χ0n) is 53.1. The highest BCUT2D eigenvalue weighted by Gasteiger charge is 2.40. The first-order valence-electron chi connectivity index (χ1n) is 30.3. The Bertz CT molecular complexity index is 3630. The van der Waals surface area contributed by atoms with Crippen molar-refractivity contribution in [1.82, 2.24) is 39.7 Å². The molecule has 0 spiro atoms. The lowest BCUT2D eigenvalue weighted by Gasteiger charge is -2.37. The fourth-order valence-electron chi connectivity index (χ4n) is 10.4. The normalized spacial score (nSPS) is 15.8. The number of carbonyl (C=O) groups excluding carboxylic acids is 2. The molecule has 2 aliphatic rings. The van der Waals surface area contributed by atoms with Gasteiger partial charge in [0.15, 0.2) is 11.6 Å². The first-order chi connectivity index (χ1) is 45.3. The smallest absolute Gasteiger partial charge is 0.328 e. The van der Waals surface area contributed by atoms with Crippen molar-refractivity contribution in [3.05, 3.63) is 288 Å². The molecule has 6 aromatic carbocycles. The molecule has 0 radical (unpaired) electrons. The molecule has 3 atom stereocenters. The molecule has 21 nitrogen and oxygen atoms in total. The number of nitrogens with zero attached hydrogens (tertiary/aromatic N) is 5. The van der Waals surface area contributed by atoms with Gasteiger partial charge in [0.1, 0.15) is 17.2 Å². The molecule has 2 fully saturated rings. The van der Waals surface area contributed by atoms with E-state index in [9.17, 15) is 14.4 Å². The van der Waals surface area contributed by atoms with E-state index < -0.39 is 40.7 Å². The molecule has 3 aromatic heterocycles. The third-order valence-corrected chi connectivity index (χ3v) is 14.5.